The van der Waals surface area contributed by atoms with Gasteiger partial charge in [0, 0.05) is 18.4 Å². The molecule has 0 saturated heterocycles. The maximum Gasteiger partial charge on any atom is 0.169 e. The lowest BCUT2D eigenvalue weighted by atomic mass is 9.75. The van der Waals surface area contributed by atoms with Crippen molar-refractivity contribution < 1.29 is 14.7 Å². The molecule has 0 heterocycles. The maximum absolute atomic E-state index is 12.4. The number of aliphatic hydroxyl groups is 1. The monoisotopic (exact) mass is 287 g/mol. The van der Waals surface area contributed by atoms with Gasteiger partial charge in [0.15, 0.2) is 5.78 Å². The van der Waals surface area contributed by atoms with Crippen LogP contribution in [-0.4, -0.2) is 23.2 Å². The van der Waals surface area contributed by atoms with Crippen LogP contribution in [0, 0.1) is 5.41 Å². The molecule has 1 aliphatic rings. The minimum absolute atomic E-state index is 0.0916. The summed E-state index contributed by atoms with van der Waals surface area (Å²) in [5.41, 5.74) is 1.24. The highest BCUT2D eigenvalue weighted by atomic mass is 16.6. The fourth-order valence-electron chi connectivity index (χ4n) is 2.52. The van der Waals surface area contributed by atoms with Gasteiger partial charge in [-0.2, -0.15) is 0 Å². The van der Waals surface area contributed by atoms with Crippen LogP contribution in [0.25, 0.3) is 0 Å². The Morgan fingerprint density at radius 3 is 2.52 bits per heavy atom. The third-order valence-electron chi connectivity index (χ3n) is 3.42. The minimum atomic E-state index is -0.224. The standard InChI is InChI=1S/C17H21NO3/c1-4-21-18-16(12-8-6-5-7-9-12)15-13(19)10-17(2,3)11-14(15)20/h5-9,19H,4,10-11H2,1-3H3. The van der Waals surface area contributed by atoms with Crippen LogP contribution >= 0.6 is 0 Å². The normalized spacial score (nSPS) is 18.8. The summed E-state index contributed by atoms with van der Waals surface area (Å²) in [5, 5.41) is 14.4. The Morgan fingerprint density at radius 2 is 1.95 bits per heavy atom. The highest BCUT2D eigenvalue weighted by molar-refractivity contribution is 6.29. The lowest BCUT2D eigenvalue weighted by Gasteiger charge is -2.29. The average Bonchev–Trinajstić information content (AvgIpc) is 2.41. The molecule has 4 nitrogen and oxygen atoms in total. The topological polar surface area (TPSA) is 58.9 Å². The fraction of sp³-hybridized carbons (Fsp3) is 0.412. The number of nitrogens with zero attached hydrogens (tertiary/aromatic N) is 1. The van der Waals surface area contributed by atoms with Gasteiger partial charge in [0.1, 0.15) is 18.1 Å². The number of oxime groups is 1. The molecule has 1 aromatic carbocycles. The molecule has 112 valence electrons. The third kappa shape index (κ3) is 3.51. The van der Waals surface area contributed by atoms with Crippen LogP contribution in [0.3, 0.4) is 0 Å². The quantitative estimate of drug-likeness (QED) is 0.679. The van der Waals surface area contributed by atoms with Crippen molar-refractivity contribution in [3.05, 3.63) is 47.2 Å². The molecule has 0 saturated carbocycles. The molecule has 2 rings (SSSR count). The van der Waals surface area contributed by atoms with E-state index in [1.54, 1.807) is 0 Å². The molecule has 4 heteroatoms. The molecule has 1 aromatic rings. The molecule has 21 heavy (non-hydrogen) atoms. The second-order valence-corrected chi connectivity index (χ2v) is 5.99. The minimum Gasteiger partial charge on any atom is -0.511 e. The Morgan fingerprint density at radius 1 is 1.29 bits per heavy atom. The predicted molar refractivity (Wildman–Crippen MR) is 82.3 cm³/mol. The van der Waals surface area contributed by atoms with E-state index in [0.29, 0.717) is 25.2 Å². The van der Waals surface area contributed by atoms with Crippen LogP contribution in [-0.2, 0) is 9.63 Å². The molecule has 0 radical (unpaired) electrons. The van der Waals surface area contributed by atoms with Crippen molar-refractivity contribution in [3.63, 3.8) is 0 Å². The number of ketones is 1. The SMILES string of the molecule is CCON=C(C1=C(O)CC(C)(C)CC1=O)c1ccccc1. The molecule has 0 unspecified atom stereocenters. The van der Waals surface area contributed by atoms with E-state index in [-0.39, 0.29) is 22.5 Å². The zero-order valence-electron chi connectivity index (χ0n) is 12.7. The van der Waals surface area contributed by atoms with E-state index in [1.807, 2.05) is 51.1 Å². The summed E-state index contributed by atoms with van der Waals surface area (Å²) in [7, 11) is 0. The van der Waals surface area contributed by atoms with Crippen LogP contribution in [0.2, 0.25) is 0 Å². The zero-order chi connectivity index (χ0) is 15.5. The number of aliphatic hydroxyl groups excluding tert-OH is 1. The van der Waals surface area contributed by atoms with Crippen molar-refractivity contribution in [2.24, 2.45) is 10.6 Å². The second-order valence-electron chi connectivity index (χ2n) is 5.99. The molecule has 0 amide bonds. The first kappa shape index (κ1) is 15.3. The first-order valence-corrected chi connectivity index (χ1v) is 7.15. The first-order valence-electron chi connectivity index (χ1n) is 7.15. The van der Waals surface area contributed by atoms with Crippen LogP contribution in [0.15, 0.2) is 46.8 Å². The van der Waals surface area contributed by atoms with E-state index in [1.165, 1.54) is 0 Å². The average molecular weight is 287 g/mol. The van der Waals surface area contributed by atoms with Crippen molar-refractivity contribution in [3.8, 4) is 0 Å². The van der Waals surface area contributed by atoms with Crippen molar-refractivity contribution in [2.75, 3.05) is 6.61 Å². The molecule has 1 aliphatic carbocycles. The van der Waals surface area contributed by atoms with Crippen molar-refractivity contribution in [1.82, 2.24) is 0 Å². The molecule has 0 aliphatic heterocycles. The lowest BCUT2D eigenvalue weighted by Crippen LogP contribution is -2.29. The molecule has 0 fully saturated rings. The summed E-state index contributed by atoms with van der Waals surface area (Å²) in [4.78, 5) is 17.6. The number of carbonyl (C=O) groups excluding carboxylic acids is 1. The van der Waals surface area contributed by atoms with Crippen LogP contribution in [0.1, 0.15) is 39.2 Å². The van der Waals surface area contributed by atoms with E-state index in [9.17, 15) is 9.90 Å². The third-order valence-corrected chi connectivity index (χ3v) is 3.42. The Kier molecular flexibility index (Phi) is 4.46. The summed E-state index contributed by atoms with van der Waals surface area (Å²) in [6.07, 6.45) is 0.858. The number of Topliss-reactive ketones (excluding diaryl/α,β-unsaturated/α-hetero) is 1. The summed E-state index contributed by atoms with van der Waals surface area (Å²) < 4.78 is 0. The van der Waals surface area contributed by atoms with E-state index < -0.39 is 0 Å². The molecule has 0 bridgehead atoms. The highest BCUT2D eigenvalue weighted by Crippen LogP contribution is 2.36. The molecule has 0 atom stereocenters. The highest BCUT2D eigenvalue weighted by Gasteiger charge is 2.35. The van der Waals surface area contributed by atoms with Crippen LogP contribution < -0.4 is 0 Å². The summed E-state index contributed by atoms with van der Waals surface area (Å²) in [6.45, 7) is 6.18. The Bertz CT molecular complexity index is 585. The van der Waals surface area contributed by atoms with Crippen molar-refractivity contribution in [2.45, 2.75) is 33.6 Å². The van der Waals surface area contributed by atoms with Crippen LogP contribution in [0.4, 0.5) is 0 Å². The van der Waals surface area contributed by atoms with E-state index >= 15 is 0 Å². The van der Waals surface area contributed by atoms with E-state index in [4.69, 9.17) is 4.84 Å². The number of allylic oxidation sites excluding steroid dienone is 2. The number of hydrogen-bond donors (Lipinski definition) is 1. The number of rotatable bonds is 4. The maximum atomic E-state index is 12.4. The first-order chi connectivity index (χ1) is 9.94. The number of carbonyl (C=O) groups is 1. The fourth-order valence-corrected chi connectivity index (χ4v) is 2.52. The molecule has 1 N–H and O–H groups in total. The largest absolute Gasteiger partial charge is 0.511 e. The van der Waals surface area contributed by atoms with Gasteiger partial charge in [0.05, 0.1) is 5.57 Å². The van der Waals surface area contributed by atoms with Gasteiger partial charge in [-0.05, 0) is 12.3 Å². The summed E-state index contributed by atoms with van der Waals surface area (Å²) >= 11 is 0. The van der Waals surface area contributed by atoms with E-state index in [0.717, 1.165) is 5.56 Å². The smallest absolute Gasteiger partial charge is 0.169 e. The number of hydrogen-bond acceptors (Lipinski definition) is 4. The van der Waals surface area contributed by atoms with Gasteiger partial charge in [0.2, 0.25) is 0 Å². The van der Waals surface area contributed by atoms with Gasteiger partial charge in [0.25, 0.3) is 0 Å². The van der Waals surface area contributed by atoms with Crippen molar-refractivity contribution in [1.29, 1.82) is 0 Å². The summed E-state index contributed by atoms with van der Waals surface area (Å²) in [5.74, 6) is 0.00427. The van der Waals surface area contributed by atoms with Crippen LogP contribution in [0.5, 0.6) is 0 Å². The Hall–Kier alpha value is -2.10. The zero-order valence-corrected chi connectivity index (χ0v) is 12.7. The molecular weight excluding hydrogens is 266 g/mol. The van der Waals surface area contributed by atoms with E-state index in [2.05, 4.69) is 5.16 Å². The van der Waals surface area contributed by atoms with Crippen molar-refractivity contribution >= 4 is 11.5 Å². The summed E-state index contributed by atoms with van der Waals surface area (Å²) in [6, 6.07) is 9.33. The predicted octanol–water partition coefficient (Wildman–Crippen LogP) is 3.63. The molecule has 0 aromatic heterocycles. The Labute approximate surface area is 125 Å². The van der Waals surface area contributed by atoms with Gasteiger partial charge < -0.3 is 9.94 Å². The molecule has 0 spiro atoms. The van der Waals surface area contributed by atoms with Gasteiger partial charge in [-0.15, -0.1) is 0 Å². The second kappa shape index (κ2) is 6.12. The van der Waals surface area contributed by atoms with Gasteiger partial charge in [-0.1, -0.05) is 49.3 Å². The van der Waals surface area contributed by atoms with Gasteiger partial charge >= 0.3 is 0 Å². The number of benzene rings is 1. The Balaban J connectivity index is 2.49. The molecular formula is C17H21NO3. The van der Waals surface area contributed by atoms with Gasteiger partial charge in [-0.3, -0.25) is 4.79 Å². The lowest BCUT2D eigenvalue weighted by molar-refractivity contribution is -0.118. The van der Waals surface area contributed by atoms with Gasteiger partial charge in [-0.25, -0.2) is 0 Å².